The summed E-state index contributed by atoms with van der Waals surface area (Å²) in [6, 6.07) is 17.9. The molecule has 6 nitrogen and oxygen atoms in total. The van der Waals surface area contributed by atoms with Crippen molar-refractivity contribution in [3.8, 4) is 17.3 Å². The molecular formula is C23H22N4O2S. The molecule has 2 amide bonds. The van der Waals surface area contributed by atoms with E-state index in [9.17, 15) is 9.59 Å². The van der Waals surface area contributed by atoms with E-state index >= 15 is 0 Å². The van der Waals surface area contributed by atoms with Crippen LogP contribution in [0.4, 0.5) is 5.13 Å². The smallest absolute Gasteiger partial charge is 0.248 e. The molecule has 1 aromatic heterocycles. The van der Waals surface area contributed by atoms with E-state index in [2.05, 4.69) is 21.7 Å². The van der Waals surface area contributed by atoms with Gasteiger partial charge in [-0.1, -0.05) is 56.3 Å². The van der Waals surface area contributed by atoms with Gasteiger partial charge in [0, 0.05) is 10.9 Å². The first-order chi connectivity index (χ1) is 14.5. The number of nitrogens with one attached hydrogen (secondary N) is 2. The Kier molecular flexibility index (Phi) is 6.94. The zero-order chi connectivity index (χ0) is 21.5. The molecule has 0 radical (unpaired) electrons. The standard InChI is InChI=1S/C23H22N4O2S/c1-15(2)21(26-20(28)12-16-6-4-3-5-7-16)22(29)27-23-25-19(14-30-23)18-10-8-17(13-24)9-11-18/h3-11,14-15,21H,12H2,1-2H3,(H,26,28)(H,25,27,29). The fourth-order valence-electron chi connectivity index (χ4n) is 2.90. The number of rotatable bonds is 7. The first-order valence-electron chi connectivity index (χ1n) is 9.56. The molecule has 30 heavy (non-hydrogen) atoms. The molecule has 0 saturated carbocycles. The monoisotopic (exact) mass is 418 g/mol. The molecule has 0 fully saturated rings. The Morgan fingerprint density at radius 2 is 1.80 bits per heavy atom. The third kappa shape index (κ3) is 5.52. The molecule has 3 rings (SSSR count). The van der Waals surface area contributed by atoms with Gasteiger partial charge in [-0.05, 0) is 23.6 Å². The number of carbonyl (C=O) groups is 2. The SMILES string of the molecule is CC(C)C(NC(=O)Cc1ccccc1)C(=O)Nc1nc(-c2ccc(C#N)cc2)cs1. The molecule has 2 N–H and O–H groups in total. The summed E-state index contributed by atoms with van der Waals surface area (Å²) in [5.41, 5.74) is 3.05. The van der Waals surface area contributed by atoms with Crippen LogP contribution in [-0.2, 0) is 16.0 Å². The predicted octanol–water partition coefficient (Wildman–Crippen LogP) is 4.00. The predicted molar refractivity (Wildman–Crippen MR) is 118 cm³/mol. The number of hydrogen-bond donors (Lipinski definition) is 2. The van der Waals surface area contributed by atoms with Gasteiger partial charge in [0.2, 0.25) is 11.8 Å². The summed E-state index contributed by atoms with van der Waals surface area (Å²) in [5.74, 6) is -0.581. The van der Waals surface area contributed by atoms with Crippen LogP contribution in [0.25, 0.3) is 11.3 Å². The fourth-order valence-corrected chi connectivity index (χ4v) is 3.63. The Labute approximate surface area is 179 Å². The molecule has 0 bridgehead atoms. The summed E-state index contributed by atoms with van der Waals surface area (Å²) in [7, 11) is 0. The number of nitrogens with zero attached hydrogens (tertiary/aromatic N) is 2. The summed E-state index contributed by atoms with van der Waals surface area (Å²) in [6.07, 6.45) is 0.220. The van der Waals surface area contributed by atoms with Crippen molar-refractivity contribution in [2.24, 2.45) is 5.92 Å². The van der Waals surface area contributed by atoms with Crippen molar-refractivity contribution >= 4 is 28.3 Å². The first-order valence-corrected chi connectivity index (χ1v) is 10.4. The van der Waals surface area contributed by atoms with E-state index in [4.69, 9.17) is 5.26 Å². The van der Waals surface area contributed by atoms with Gasteiger partial charge in [-0.3, -0.25) is 9.59 Å². The van der Waals surface area contributed by atoms with Crippen LogP contribution in [0.1, 0.15) is 25.0 Å². The number of hydrogen-bond acceptors (Lipinski definition) is 5. The van der Waals surface area contributed by atoms with Crippen LogP contribution in [0.15, 0.2) is 60.0 Å². The molecule has 7 heteroatoms. The van der Waals surface area contributed by atoms with Crippen LogP contribution in [0.2, 0.25) is 0 Å². The van der Waals surface area contributed by atoms with Gasteiger partial charge in [-0.2, -0.15) is 5.26 Å². The normalized spacial score (nSPS) is 11.5. The number of nitriles is 1. The summed E-state index contributed by atoms with van der Waals surface area (Å²) in [6.45, 7) is 3.77. The van der Waals surface area contributed by atoms with Crippen molar-refractivity contribution in [3.63, 3.8) is 0 Å². The maximum atomic E-state index is 12.8. The Balaban J connectivity index is 1.64. The number of amides is 2. The third-order valence-corrected chi connectivity index (χ3v) is 5.27. The second-order valence-corrected chi connectivity index (χ2v) is 8.03. The van der Waals surface area contributed by atoms with Gasteiger partial charge in [0.15, 0.2) is 5.13 Å². The zero-order valence-electron chi connectivity index (χ0n) is 16.8. The summed E-state index contributed by atoms with van der Waals surface area (Å²) in [5, 5.41) is 16.8. The maximum Gasteiger partial charge on any atom is 0.248 e. The lowest BCUT2D eigenvalue weighted by Crippen LogP contribution is -2.47. The minimum atomic E-state index is -0.663. The highest BCUT2D eigenvalue weighted by Gasteiger charge is 2.25. The Morgan fingerprint density at radius 3 is 2.43 bits per heavy atom. The van der Waals surface area contributed by atoms with Gasteiger partial charge < -0.3 is 10.6 Å². The van der Waals surface area contributed by atoms with E-state index in [0.717, 1.165) is 11.1 Å². The van der Waals surface area contributed by atoms with Crippen molar-refractivity contribution in [1.29, 1.82) is 5.26 Å². The molecule has 1 unspecified atom stereocenters. The average molecular weight is 419 g/mol. The second kappa shape index (κ2) is 9.81. The minimum Gasteiger partial charge on any atom is -0.344 e. The van der Waals surface area contributed by atoms with Crippen molar-refractivity contribution in [3.05, 3.63) is 71.1 Å². The molecule has 0 aliphatic rings. The number of thiazole rings is 1. The quantitative estimate of drug-likeness (QED) is 0.606. The van der Waals surface area contributed by atoms with Crippen LogP contribution < -0.4 is 10.6 Å². The summed E-state index contributed by atoms with van der Waals surface area (Å²) < 4.78 is 0. The van der Waals surface area contributed by atoms with Gasteiger partial charge in [-0.25, -0.2) is 4.98 Å². The molecule has 152 valence electrons. The molecule has 0 spiro atoms. The summed E-state index contributed by atoms with van der Waals surface area (Å²) >= 11 is 1.31. The lowest BCUT2D eigenvalue weighted by Gasteiger charge is -2.21. The van der Waals surface area contributed by atoms with Crippen molar-refractivity contribution in [2.75, 3.05) is 5.32 Å². The molecule has 1 atom stereocenters. The minimum absolute atomic E-state index is 0.0808. The third-order valence-electron chi connectivity index (χ3n) is 4.52. The van der Waals surface area contributed by atoms with Gasteiger partial charge in [0.05, 0.1) is 23.7 Å². The van der Waals surface area contributed by atoms with Crippen molar-refractivity contribution in [2.45, 2.75) is 26.3 Å². The van der Waals surface area contributed by atoms with Crippen LogP contribution >= 0.6 is 11.3 Å². The Morgan fingerprint density at radius 1 is 1.10 bits per heavy atom. The second-order valence-electron chi connectivity index (χ2n) is 7.17. The zero-order valence-corrected chi connectivity index (χ0v) is 17.6. The van der Waals surface area contributed by atoms with Gasteiger partial charge in [0.25, 0.3) is 0 Å². The highest BCUT2D eigenvalue weighted by molar-refractivity contribution is 7.14. The van der Waals surface area contributed by atoms with Gasteiger partial charge in [0.1, 0.15) is 6.04 Å². The van der Waals surface area contributed by atoms with E-state index in [1.54, 1.807) is 12.1 Å². The average Bonchev–Trinajstić information content (AvgIpc) is 3.21. The van der Waals surface area contributed by atoms with E-state index < -0.39 is 6.04 Å². The van der Waals surface area contributed by atoms with Crippen LogP contribution in [0, 0.1) is 17.2 Å². The molecule has 2 aromatic carbocycles. The molecule has 0 saturated heterocycles. The number of benzene rings is 2. The lowest BCUT2D eigenvalue weighted by molar-refractivity contribution is -0.127. The van der Waals surface area contributed by atoms with E-state index in [-0.39, 0.29) is 24.2 Å². The fraction of sp³-hybridized carbons (Fsp3) is 0.217. The van der Waals surface area contributed by atoms with Gasteiger partial charge >= 0.3 is 0 Å². The Hall–Kier alpha value is -3.50. The first kappa shape index (κ1) is 21.2. The van der Waals surface area contributed by atoms with Crippen LogP contribution in [-0.4, -0.2) is 22.8 Å². The molecular weight excluding hydrogens is 396 g/mol. The van der Waals surface area contributed by atoms with E-state index in [1.165, 1.54) is 11.3 Å². The molecule has 1 heterocycles. The highest BCUT2D eigenvalue weighted by atomic mass is 32.1. The van der Waals surface area contributed by atoms with E-state index in [0.29, 0.717) is 16.4 Å². The lowest BCUT2D eigenvalue weighted by atomic mass is 10.0. The number of anilines is 1. The molecule has 0 aliphatic carbocycles. The number of aromatic nitrogens is 1. The summed E-state index contributed by atoms with van der Waals surface area (Å²) in [4.78, 5) is 29.6. The van der Waals surface area contributed by atoms with Crippen LogP contribution in [0.3, 0.4) is 0 Å². The molecule has 0 aliphatic heterocycles. The maximum absolute atomic E-state index is 12.8. The topological polar surface area (TPSA) is 94.9 Å². The van der Waals surface area contributed by atoms with Crippen molar-refractivity contribution in [1.82, 2.24) is 10.3 Å². The highest BCUT2D eigenvalue weighted by Crippen LogP contribution is 2.25. The number of carbonyl (C=O) groups excluding carboxylic acids is 2. The largest absolute Gasteiger partial charge is 0.344 e. The molecule has 3 aromatic rings. The van der Waals surface area contributed by atoms with Crippen molar-refractivity contribution < 1.29 is 9.59 Å². The van der Waals surface area contributed by atoms with Crippen LogP contribution in [0.5, 0.6) is 0 Å². The Bertz CT molecular complexity index is 1050. The van der Waals surface area contributed by atoms with E-state index in [1.807, 2.05) is 61.7 Å². The van der Waals surface area contributed by atoms with Gasteiger partial charge in [-0.15, -0.1) is 11.3 Å².